The summed E-state index contributed by atoms with van der Waals surface area (Å²) in [4.78, 5) is 8.58. The van der Waals surface area contributed by atoms with E-state index in [0.717, 1.165) is 11.4 Å². The van der Waals surface area contributed by atoms with Crippen LogP contribution in [0.2, 0.25) is 0 Å². The first-order valence-electron chi connectivity index (χ1n) is 7.56. The number of benzene rings is 1. The van der Waals surface area contributed by atoms with Crippen LogP contribution in [0, 0.1) is 12.8 Å². The lowest BCUT2D eigenvalue weighted by Crippen LogP contribution is -2.25. The van der Waals surface area contributed by atoms with E-state index < -0.39 is 0 Å². The summed E-state index contributed by atoms with van der Waals surface area (Å²) in [5.74, 6) is 1.97. The van der Waals surface area contributed by atoms with Crippen LogP contribution in [0.3, 0.4) is 0 Å². The molecule has 2 aromatic rings. The molecule has 0 aliphatic heterocycles. The molecule has 1 heterocycles. The normalized spacial score (nSPS) is 18.5. The van der Waals surface area contributed by atoms with Crippen molar-refractivity contribution in [3.63, 3.8) is 0 Å². The Hall–Kier alpha value is -1.31. The third-order valence-corrected chi connectivity index (χ3v) is 4.58. The molecule has 1 aromatic carbocycles. The number of hydrogen-bond acceptors (Lipinski definition) is 1. The fraction of sp³-hybridized carbons (Fsp3) is 0.588. The molecule has 0 radical (unpaired) electrons. The monoisotopic (exact) mass is 256 g/mol. The van der Waals surface area contributed by atoms with E-state index in [1.54, 1.807) is 0 Å². The first-order valence-corrected chi connectivity index (χ1v) is 7.56. The van der Waals surface area contributed by atoms with E-state index in [0.29, 0.717) is 5.41 Å². The van der Waals surface area contributed by atoms with E-state index in [2.05, 4.69) is 44.0 Å². The van der Waals surface area contributed by atoms with Crippen LogP contribution >= 0.6 is 0 Å². The maximum absolute atomic E-state index is 4.96. The lowest BCUT2D eigenvalue weighted by atomic mass is 9.78. The van der Waals surface area contributed by atoms with Crippen molar-refractivity contribution >= 4 is 11.0 Å². The maximum atomic E-state index is 4.96. The highest BCUT2D eigenvalue weighted by Crippen LogP contribution is 2.44. The van der Waals surface area contributed by atoms with Gasteiger partial charge in [-0.1, -0.05) is 38.8 Å². The molecule has 0 unspecified atom stereocenters. The molecule has 1 aromatic heterocycles. The molecule has 102 valence electrons. The van der Waals surface area contributed by atoms with Gasteiger partial charge in [0.2, 0.25) is 0 Å². The van der Waals surface area contributed by atoms with E-state index in [9.17, 15) is 0 Å². The average molecular weight is 256 g/mol. The molecule has 2 nitrogen and oxygen atoms in total. The van der Waals surface area contributed by atoms with Crippen molar-refractivity contribution in [2.45, 2.75) is 58.3 Å². The zero-order valence-corrected chi connectivity index (χ0v) is 12.3. The second kappa shape index (κ2) is 4.66. The van der Waals surface area contributed by atoms with Gasteiger partial charge in [-0.2, -0.15) is 0 Å². The zero-order valence-electron chi connectivity index (χ0n) is 12.3. The smallest absolute Gasteiger partial charge is 0.113 e. The van der Waals surface area contributed by atoms with E-state index in [1.807, 2.05) is 0 Å². The number of aryl methyl sites for hydroxylation is 1. The third-order valence-electron chi connectivity index (χ3n) is 4.58. The number of aromatic nitrogens is 2. The van der Waals surface area contributed by atoms with Gasteiger partial charge in [-0.25, -0.2) is 4.98 Å². The first-order chi connectivity index (χ1) is 9.11. The number of nitrogens with one attached hydrogen (secondary N) is 1. The molecule has 0 spiro atoms. The van der Waals surface area contributed by atoms with Gasteiger partial charge >= 0.3 is 0 Å². The van der Waals surface area contributed by atoms with Crippen LogP contribution in [0.4, 0.5) is 0 Å². The minimum Gasteiger partial charge on any atom is -0.341 e. The average Bonchev–Trinajstić information content (AvgIpc) is 2.95. The highest BCUT2D eigenvalue weighted by atomic mass is 14.9. The number of rotatable bonds is 3. The van der Waals surface area contributed by atoms with Crippen molar-refractivity contribution in [3.8, 4) is 0 Å². The lowest BCUT2D eigenvalue weighted by Gasteiger charge is -2.28. The van der Waals surface area contributed by atoms with Gasteiger partial charge in [-0.05, 0) is 43.7 Å². The summed E-state index contributed by atoms with van der Waals surface area (Å²) < 4.78 is 0. The van der Waals surface area contributed by atoms with Crippen LogP contribution in [0.1, 0.15) is 57.3 Å². The Bertz CT molecular complexity index is 574. The summed E-state index contributed by atoms with van der Waals surface area (Å²) in [5.41, 5.74) is 3.94. The van der Waals surface area contributed by atoms with Crippen molar-refractivity contribution in [2.24, 2.45) is 5.92 Å². The van der Waals surface area contributed by atoms with Crippen LogP contribution in [-0.2, 0) is 5.41 Å². The predicted molar refractivity (Wildman–Crippen MR) is 80.4 cm³/mol. The Morgan fingerprint density at radius 2 is 2.00 bits per heavy atom. The number of imidazole rings is 1. The van der Waals surface area contributed by atoms with Gasteiger partial charge in [0.25, 0.3) is 0 Å². The van der Waals surface area contributed by atoms with Gasteiger partial charge in [-0.3, -0.25) is 0 Å². The summed E-state index contributed by atoms with van der Waals surface area (Å²) in [5, 5.41) is 0. The molecule has 3 rings (SSSR count). The molecule has 1 fully saturated rings. The fourth-order valence-electron chi connectivity index (χ4n) is 3.80. The Balaban J connectivity index is 2.08. The molecule has 1 saturated carbocycles. The number of fused-ring (bicyclic) bond motifs is 1. The first kappa shape index (κ1) is 12.7. The van der Waals surface area contributed by atoms with Crippen molar-refractivity contribution in [2.75, 3.05) is 0 Å². The van der Waals surface area contributed by atoms with Crippen LogP contribution < -0.4 is 0 Å². The third kappa shape index (κ3) is 2.18. The number of hydrogen-bond donors (Lipinski definition) is 1. The second-order valence-electron chi connectivity index (χ2n) is 6.64. The van der Waals surface area contributed by atoms with E-state index in [4.69, 9.17) is 4.98 Å². The van der Waals surface area contributed by atoms with Crippen molar-refractivity contribution in [1.82, 2.24) is 9.97 Å². The van der Waals surface area contributed by atoms with E-state index in [-0.39, 0.29) is 0 Å². The molecule has 2 heteroatoms. The highest BCUT2D eigenvalue weighted by molar-refractivity contribution is 5.78. The number of nitrogens with zero attached hydrogens (tertiary/aromatic N) is 1. The predicted octanol–water partition coefficient (Wildman–Crippen LogP) is 4.73. The summed E-state index contributed by atoms with van der Waals surface area (Å²) in [6, 6.07) is 6.41. The molecule has 0 saturated heterocycles. The second-order valence-corrected chi connectivity index (χ2v) is 6.64. The van der Waals surface area contributed by atoms with Crippen LogP contribution in [0.15, 0.2) is 18.2 Å². The molecule has 0 bridgehead atoms. The summed E-state index contributed by atoms with van der Waals surface area (Å²) in [7, 11) is 0. The van der Waals surface area contributed by atoms with Crippen molar-refractivity contribution in [1.29, 1.82) is 0 Å². The van der Waals surface area contributed by atoms with Gasteiger partial charge in [0.1, 0.15) is 5.82 Å². The fourth-order valence-corrected chi connectivity index (χ4v) is 3.80. The Kier molecular flexibility index (Phi) is 3.12. The molecule has 0 atom stereocenters. The zero-order chi connectivity index (χ0) is 13.5. The maximum Gasteiger partial charge on any atom is 0.113 e. The SMILES string of the molecule is Cc1cccc2[nH]c(C3(CC(C)C)CCCC3)nc12. The molecular weight excluding hydrogens is 232 g/mol. The number of aromatic amines is 1. The van der Waals surface area contributed by atoms with E-state index >= 15 is 0 Å². The molecular formula is C17H24N2. The van der Waals surface area contributed by atoms with Crippen LogP contribution in [0.25, 0.3) is 11.0 Å². The van der Waals surface area contributed by atoms with Crippen LogP contribution in [-0.4, -0.2) is 9.97 Å². The van der Waals surface area contributed by atoms with Gasteiger partial charge in [0.15, 0.2) is 0 Å². The Morgan fingerprint density at radius 1 is 1.26 bits per heavy atom. The Morgan fingerprint density at radius 3 is 2.63 bits per heavy atom. The standard InChI is InChI=1S/C17H24N2/c1-12(2)11-17(9-4-5-10-17)16-18-14-8-6-7-13(3)15(14)19-16/h6-8,12H,4-5,9-11H2,1-3H3,(H,18,19). The highest BCUT2D eigenvalue weighted by Gasteiger charge is 2.38. The van der Waals surface area contributed by atoms with Crippen LogP contribution in [0.5, 0.6) is 0 Å². The largest absolute Gasteiger partial charge is 0.341 e. The lowest BCUT2D eigenvalue weighted by molar-refractivity contribution is 0.332. The quantitative estimate of drug-likeness (QED) is 0.845. The van der Waals surface area contributed by atoms with E-state index in [1.165, 1.54) is 49.0 Å². The molecule has 1 aliphatic carbocycles. The summed E-state index contributed by atoms with van der Waals surface area (Å²) >= 11 is 0. The Labute approximate surface area is 115 Å². The molecule has 1 aliphatic rings. The van der Waals surface area contributed by atoms with Gasteiger partial charge in [-0.15, -0.1) is 0 Å². The topological polar surface area (TPSA) is 28.7 Å². The molecule has 0 amide bonds. The minimum atomic E-state index is 0.305. The summed E-state index contributed by atoms with van der Waals surface area (Å²) in [6.45, 7) is 6.80. The number of para-hydroxylation sites is 1. The minimum absolute atomic E-state index is 0.305. The van der Waals surface area contributed by atoms with Crippen molar-refractivity contribution in [3.05, 3.63) is 29.6 Å². The van der Waals surface area contributed by atoms with Gasteiger partial charge in [0.05, 0.1) is 11.0 Å². The number of H-pyrrole nitrogens is 1. The molecule has 1 N–H and O–H groups in total. The molecule has 19 heavy (non-hydrogen) atoms. The van der Waals surface area contributed by atoms with Crippen molar-refractivity contribution < 1.29 is 0 Å². The van der Waals surface area contributed by atoms with Gasteiger partial charge < -0.3 is 4.98 Å². The van der Waals surface area contributed by atoms with Gasteiger partial charge in [0, 0.05) is 5.41 Å². The summed E-state index contributed by atoms with van der Waals surface area (Å²) in [6.07, 6.45) is 6.55.